The Balaban J connectivity index is 1.76. The second-order valence-corrected chi connectivity index (χ2v) is 5.68. The van der Waals surface area contributed by atoms with Crippen LogP contribution >= 0.6 is 0 Å². The molecule has 0 atom stereocenters. The van der Waals surface area contributed by atoms with Crippen molar-refractivity contribution >= 4 is 6.03 Å². The molecule has 2 aliphatic rings. The van der Waals surface area contributed by atoms with Crippen LogP contribution in [0.4, 0.5) is 4.79 Å². The molecule has 1 aliphatic heterocycles. The van der Waals surface area contributed by atoms with Gasteiger partial charge in [-0.25, -0.2) is 4.79 Å². The highest BCUT2D eigenvalue weighted by Crippen LogP contribution is 2.38. The lowest BCUT2D eigenvalue weighted by molar-refractivity contribution is 0.0508. The molecule has 0 unspecified atom stereocenters. The van der Waals surface area contributed by atoms with Crippen LogP contribution in [0.1, 0.15) is 31.2 Å². The quantitative estimate of drug-likeness (QED) is 0.900. The van der Waals surface area contributed by atoms with Crippen LogP contribution in [0.25, 0.3) is 0 Å². The molecule has 4 nitrogen and oxygen atoms in total. The maximum Gasteiger partial charge on any atom is 0.318 e. The Hall–Kier alpha value is -1.55. The molecule has 1 aromatic rings. The van der Waals surface area contributed by atoms with Crippen molar-refractivity contribution in [2.75, 3.05) is 26.3 Å². The second-order valence-electron chi connectivity index (χ2n) is 5.68. The number of urea groups is 1. The van der Waals surface area contributed by atoms with Gasteiger partial charge in [-0.3, -0.25) is 0 Å². The van der Waals surface area contributed by atoms with E-state index in [0.29, 0.717) is 26.3 Å². The first kappa shape index (κ1) is 13.4. The molecule has 1 saturated carbocycles. The Morgan fingerprint density at radius 2 is 1.75 bits per heavy atom. The number of carbonyl (C=O) groups excluding carboxylic acids is 1. The first-order valence-electron chi connectivity index (χ1n) is 7.51. The average molecular weight is 274 g/mol. The normalized spacial score (nSPS) is 21.7. The van der Waals surface area contributed by atoms with E-state index in [4.69, 9.17) is 4.74 Å². The first-order valence-corrected chi connectivity index (χ1v) is 7.51. The fourth-order valence-corrected chi connectivity index (χ4v) is 3.27. The van der Waals surface area contributed by atoms with Crippen molar-refractivity contribution in [2.45, 2.75) is 31.2 Å². The third kappa shape index (κ3) is 2.66. The highest BCUT2D eigenvalue weighted by molar-refractivity contribution is 5.75. The van der Waals surface area contributed by atoms with E-state index < -0.39 is 0 Å². The van der Waals surface area contributed by atoms with E-state index in [0.717, 1.165) is 12.8 Å². The van der Waals surface area contributed by atoms with Gasteiger partial charge in [-0.15, -0.1) is 0 Å². The highest BCUT2D eigenvalue weighted by Gasteiger charge is 2.38. The van der Waals surface area contributed by atoms with Gasteiger partial charge in [0.2, 0.25) is 0 Å². The second kappa shape index (κ2) is 5.83. The van der Waals surface area contributed by atoms with Gasteiger partial charge in [-0.2, -0.15) is 0 Å². The molecular weight excluding hydrogens is 252 g/mol. The molecule has 2 fully saturated rings. The predicted octanol–water partition coefficient (Wildman–Crippen LogP) is 2.50. The van der Waals surface area contributed by atoms with Gasteiger partial charge in [0.05, 0.1) is 18.8 Å². The predicted molar refractivity (Wildman–Crippen MR) is 77.5 cm³/mol. The van der Waals surface area contributed by atoms with Crippen molar-refractivity contribution in [3.05, 3.63) is 35.9 Å². The fourth-order valence-electron chi connectivity index (χ4n) is 3.27. The van der Waals surface area contributed by atoms with Crippen molar-refractivity contribution in [3.63, 3.8) is 0 Å². The van der Waals surface area contributed by atoms with E-state index in [1.807, 2.05) is 11.0 Å². The summed E-state index contributed by atoms with van der Waals surface area (Å²) in [6.07, 6.45) is 4.43. The molecule has 1 N–H and O–H groups in total. The molecule has 2 amide bonds. The molecule has 0 bridgehead atoms. The fraction of sp³-hybridized carbons (Fsp3) is 0.562. The lowest BCUT2D eigenvalue weighted by Crippen LogP contribution is -2.52. The van der Waals surface area contributed by atoms with Gasteiger partial charge >= 0.3 is 6.03 Å². The van der Waals surface area contributed by atoms with Crippen LogP contribution in [-0.2, 0) is 10.3 Å². The van der Waals surface area contributed by atoms with Crippen molar-refractivity contribution in [1.29, 1.82) is 0 Å². The zero-order valence-electron chi connectivity index (χ0n) is 11.8. The molecule has 0 radical (unpaired) electrons. The number of hydrogen-bond acceptors (Lipinski definition) is 2. The SMILES string of the molecule is O=C(NC1(c2ccccc2)CCCC1)N1CCOCC1. The smallest absolute Gasteiger partial charge is 0.318 e. The van der Waals surface area contributed by atoms with Crippen LogP contribution in [-0.4, -0.2) is 37.2 Å². The van der Waals surface area contributed by atoms with Gasteiger partial charge in [0.25, 0.3) is 0 Å². The minimum atomic E-state index is -0.170. The number of nitrogens with zero attached hydrogens (tertiary/aromatic N) is 1. The van der Waals surface area contributed by atoms with Crippen LogP contribution < -0.4 is 5.32 Å². The minimum Gasteiger partial charge on any atom is -0.378 e. The largest absolute Gasteiger partial charge is 0.378 e. The molecule has 4 heteroatoms. The average Bonchev–Trinajstić information content (AvgIpc) is 2.99. The Morgan fingerprint density at radius 1 is 1.10 bits per heavy atom. The van der Waals surface area contributed by atoms with Crippen LogP contribution in [0.2, 0.25) is 0 Å². The third-order valence-corrected chi connectivity index (χ3v) is 4.43. The number of rotatable bonds is 2. The van der Waals surface area contributed by atoms with Gasteiger partial charge in [-0.1, -0.05) is 43.2 Å². The summed E-state index contributed by atoms with van der Waals surface area (Å²) in [5.74, 6) is 0. The van der Waals surface area contributed by atoms with Crippen molar-refractivity contribution < 1.29 is 9.53 Å². The van der Waals surface area contributed by atoms with E-state index in [9.17, 15) is 4.79 Å². The maximum atomic E-state index is 12.5. The molecule has 1 aliphatic carbocycles. The maximum absolute atomic E-state index is 12.5. The van der Waals surface area contributed by atoms with Crippen LogP contribution in [0.5, 0.6) is 0 Å². The van der Waals surface area contributed by atoms with Gasteiger partial charge in [0.15, 0.2) is 0 Å². The van der Waals surface area contributed by atoms with E-state index in [1.165, 1.54) is 18.4 Å². The summed E-state index contributed by atoms with van der Waals surface area (Å²) in [6, 6.07) is 10.4. The van der Waals surface area contributed by atoms with Crippen molar-refractivity contribution in [1.82, 2.24) is 10.2 Å². The molecule has 20 heavy (non-hydrogen) atoms. The molecule has 1 aromatic carbocycles. The van der Waals surface area contributed by atoms with Crippen LogP contribution in [0, 0.1) is 0 Å². The zero-order valence-corrected chi connectivity index (χ0v) is 11.8. The van der Waals surface area contributed by atoms with E-state index in [2.05, 4.69) is 29.6 Å². The van der Waals surface area contributed by atoms with E-state index >= 15 is 0 Å². The highest BCUT2D eigenvalue weighted by atomic mass is 16.5. The van der Waals surface area contributed by atoms with Gasteiger partial charge in [0, 0.05) is 13.1 Å². The summed E-state index contributed by atoms with van der Waals surface area (Å²) in [5.41, 5.74) is 1.07. The van der Waals surface area contributed by atoms with Crippen LogP contribution in [0.15, 0.2) is 30.3 Å². The first-order chi connectivity index (χ1) is 9.80. The molecule has 1 heterocycles. The Labute approximate surface area is 120 Å². The van der Waals surface area contributed by atoms with Gasteiger partial charge in [-0.05, 0) is 18.4 Å². The van der Waals surface area contributed by atoms with Gasteiger partial charge in [0.1, 0.15) is 0 Å². The van der Waals surface area contributed by atoms with E-state index in [-0.39, 0.29) is 11.6 Å². The zero-order chi connectivity index (χ0) is 13.8. The summed E-state index contributed by atoms with van der Waals surface area (Å²) >= 11 is 0. The summed E-state index contributed by atoms with van der Waals surface area (Å²) in [6.45, 7) is 2.67. The topological polar surface area (TPSA) is 41.6 Å². The standard InChI is InChI=1S/C16H22N2O2/c19-15(18-10-12-20-13-11-18)17-16(8-4-5-9-16)14-6-2-1-3-7-14/h1-3,6-7H,4-5,8-13H2,(H,17,19). The molecule has 0 spiro atoms. The summed E-state index contributed by atoms with van der Waals surface area (Å²) < 4.78 is 5.31. The van der Waals surface area contributed by atoms with Crippen LogP contribution in [0.3, 0.4) is 0 Å². The number of benzene rings is 1. The number of morpholine rings is 1. The summed E-state index contributed by atoms with van der Waals surface area (Å²) in [4.78, 5) is 14.4. The van der Waals surface area contributed by atoms with Crippen molar-refractivity contribution in [2.24, 2.45) is 0 Å². The number of ether oxygens (including phenoxy) is 1. The Kier molecular flexibility index (Phi) is 3.92. The lowest BCUT2D eigenvalue weighted by atomic mass is 9.88. The van der Waals surface area contributed by atoms with Gasteiger partial charge < -0.3 is 15.0 Å². The Bertz CT molecular complexity index is 449. The summed E-state index contributed by atoms with van der Waals surface area (Å²) in [5, 5.41) is 3.31. The number of hydrogen-bond donors (Lipinski definition) is 1. The number of carbonyl (C=O) groups is 1. The number of nitrogens with one attached hydrogen (secondary N) is 1. The number of amides is 2. The molecule has 108 valence electrons. The van der Waals surface area contributed by atoms with E-state index in [1.54, 1.807) is 0 Å². The lowest BCUT2D eigenvalue weighted by Gasteiger charge is -2.35. The molecule has 1 saturated heterocycles. The summed E-state index contributed by atoms with van der Waals surface area (Å²) in [7, 11) is 0. The Morgan fingerprint density at radius 3 is 2.40 bits per heavy atom. The monoisotopic (exact) mass is 274 g/mol. The third-order valence-electron chi connectivity index (χ3n) is 4.43. The molecule has 0 aromatic heterocycles. The molecule has 3 rings (SSSR count). The minimum absolute atomic E-state index is 0.0547. The van der Waals surface area contributed by atoms with Crippen molar-refractivity contribution in [3.8, 4) is 0 Å². The molecular formula is C16H22N2O2.